The molecule has 0 saturated heterocycles. The van der Waals surface area contributed by atoms with Gasteiger partial charge in [0.05, 0.1) is 5.97 Å². The largest absolute Gasteiger partial charge is 0.549 e. The molecule has 4 saturated carbocycles. The fourth-order valence-corrected chi connectivity index (χ4v) is 6.31. The molecule has 7 unspecified atom stereocenters. The van der Waals surface area contributed by atoms with Crippen LogP contribution in [0.5, 0.6) is 0 Å². The Labute approximate surface area is 109 Å². The number of hydrogen-bond donors (Lipinski definition) is 0. The van der Waals surface area contributed by atoms with E-state index < -0.39 is 23.5 Å². The molecule has 0 amide bonds. The second-order valence-electron chi connectivity index (χ2n) is 7.05. The topological polar surface area (TPSA) is 40.1 Å². The highest BCUT2D eigenvalue weighted by Crippen LogP contribution is 2.74. The van der Waals surface area contributed by atoms with E-state index in [9.17, 15) is 23.1 Å². The third-order valence-corrected chi connectivity index (χ3v) is 6.70. The summed E-state index contributed by atoms with van der Waals surface area (Å²) in [5.41, 5.74) is -2.55. The SMILES string of the molecule is O=C([O-])C1(C(F)(F)F)CC2CC1C1C3CCC(C3)C21. The van der Waals surface area contributed by atoms with Crippen LogP contribution in [0, 0.1) is 40.9 Å². The summed E-state index contributed by atoms with van der Waals surface area (Å²) in [6.45, 7) is 0. The predicted molar refractivity (Wildman–Crippen MR) is 57.5 cm³/mol. The molecule has 0 radical (unpaired) electrons. The smallest absolute Gasteiger partial charge is 0.399 e. The Balaban J connectivity index is 1.77. The Morgan fingerprint density at radius 1 is 1.05 bits per heavy atom. The highest BCUT2D eigenvalue weighted by Gasteiger charge is 2.74. The molecule has 4 aliphatic rings. The molecule has 106 valence electrons. The summed E-state index contributed by atoms with van der Waals surface area (Å²) in [5.74, 6) is -1.36. The molecule has 4 bridgehead atoms. The second kappa shape index (κ2) is 3.29. The molecule has 0 heterocycles. The minimum absolute atomic E-state index is 0.00275. The Hall–Kier alpha value is -0.740. The Kier molecular flexibility index (Phi) is 2.08. The number of hydrogen-bond acceptors (Lipinski definition) is 2. The van der Waals surface area contributed by atoms with Crippen molar-refractivity contribution in [1.29, 1.82) is 0 Å². The van der Waals surface area contributed by atoms with E-state index in [1.165, 1.54) is 0 Å². The molecular weight excluding hydrogens is 257 g/mol. The number of carbonyl (C=O) groups is 1. The van der Waals surface area contributed by atoms with Gasteiger partial charge in [-0.1, -0.05) is 0 Å². The molecule has 7 atom stereocenters. The quantitative estimate of drug-likeness (QED) is 0.685. The maximum atomic E-state index is 13.4. The first-order valence-electron chi connectivity index (χ1n) is 7.14. The summed E-state index contributed by atoms with van der Waals surface area (Å²) in [4.78, 5) is 11.3. The summed E-state index contributed by atoms with van der Waals surface area (Å²) in [5, 5.41) is 11.3. The Morgan fingerprint density at radius 3 is 2.26 bits per heavy atom. The summed E-state index contributed by atoms with van der Waals surface area (Å²) >= 11 is 0. The van der Waals surface area contributed by atoms with Crippen LogP contribution in [-0.2, 0) is 4.79 Å². The van der Waals surface area contributed by atoms with E-state index in [-0.39, 0.29) is 18.3 Å². The number of rotatable bonds is 1. The standard InChI is InChI=1S/C14H17F3O2/c15-14(16,17)13(12(18)19)5-8-4-9(13)11-7-2-1-6(3-7)10(8)11/h6-11H,1-5H2,(H,18,19)/p-1. The molecule has 4 aliphatic carbocycles. The molecule has 0 N–H and O–H groups in total. The summed E-state index contributed by atoms with van der Waals surface area (Å²) in [7, 11) is 0. The maximum Gasteiger partial charge on any atom is 0.399 e. The zero-order valence-electron chi connectivity index (χ0n) is 10.5. The van der Waals surface area contributed by atoms with Gasteiger partial charge in [0.25, 0.3) is 0 Å². The Morgan fingerprint density at radius 2 is 1.68 bits per heavy atom. The van der Waals surface area contributed by atoms with Gasteiger partial charge >= 0.3 is 6.18 Å². The summed E-state index contributed by atoms with van der Waals surface area (Å²) < 4.78 is 40.2. The molecule has 0 spiro atoms. The normalized spacial score (nSPS) is 54.7. The van der Waals surface area contributed by atoms with Gasteiger partial charge in [-0.05, 0) is 67.6 Å². The molecule has 0 aromatic carbocycles. The van der Waals surface area contributed by atoms with Crippen molar-refractivity contribution in [1.82, 2.24) is 0 Å². The predicted octanol–water partition coefficient (Wildman–Crippen LogP) is 1.99. The molecule has 2 nitrogen and oxygen atoms in total. The minimum Gasteiger partial charge on any atom is -0.549 e. The molecule has 5 heteroatoms. The lowest BCUT2D eigenvalue weighted by molar-refractivity contribution is -0.352. The van der Waals surface area contributed by atoms with Gasteiger partial charge in [-0.15, -0.1) is 0 Å². The maximum absolute atomic E-state index is 13.4. The minimum atomic E-state index is -4.67. The van der Waals surface area contributed by atoms with Crippen molar-refractivity contribution in [2.45, 2.75) is 38.3 Å². The lowest BCUT2D eigenvalue weighted by Crippen LogP contribution is -2.58. The van der Waals surface area contributed by atoms with Gasteiger partial charge in [0.2, 0.25) is 0 Å². The van der Waals surface area contributed by atoms with E-state index in [0.717, 1.165) is 19.3 Å². The van der Waals surface area contributed by atoms with E-state index in [0.29, 0.717) is 24.2 Å². The van der Waals surface area contributed by atoms with Crippen LogP contribution in [0.1, 0.15) is 32.1 Å². The van der Waals surface area contributed by atoms with Crippen LogP contribution in [0.3, 0.4) is 0 Å². The van der Waals surface area contributed by atoms with Crippen molar-refractivity contribution >= 4 is 5.97 Å². The zero-order chi connectivity index (χ0) is 13.6. The van der Waals surface area contributed by atoms with Crippen molar-refractivity contribution in [3.05, 3.63) is 0 Å². The van der Waals surface area contributed by atoms with Crippen LogP contribution in [0.4, 0.5) is 13.2 Å². The number of halogens is 3. The molecule has 19 heavy (non-hydrogen) atoms. The second-order valence-corrected chi connectivity index (χ2v) is 7.05. The van der Waals surface area contributed by atoms with E-state index >= 15 is 0 Å². The number of alkyl halides is 3. The number of carboxylic acids is 1. The molecular formula is C14H16F3O2-. The van der Waals surface area contributed by atoms with E-state index in [2.05, 4.69) is 0 Å². The van der Waals surface area contributed by atoms with Crippen molar-refractivity contribution in [2.75, 3.05) is 0 Å². The number of carboxylic acid groups (broad SMARTS) is 1. The van der Waals surface area contributed by atoms with Crippen LogP contribution in [-0.4, -0.2) is 12.1 Å². The van der Waals surface area contributed by atoms with Crippen LogP contribution < -0.4 is 5.11 Å². The first kappa shape index (κ1) is 12.0. The first-order valence-corrected chi connectivity index (χ1v) is 7.14. The lowest BCUT2D eigenvalue weighted by atomic mass is 9.60. The van der Waals surface area contributed by atoms with Crippen LogP contribution >= 0.6 is 0 Å². The van der Waals surface area contributed by atoms with Gasteiger partial charge in [0.15, 0.2) is 0 Å². The van der Waals surface area contributed by atoms with E-state index in [1.807, 2.05) is 0 Å². The molecule has 0 aromatic heterocycles. The molecule has 4 rings (SSSR count). The zero-order valence-corrected chi connectivity index (χ0v) is 10.5. The van der Waals surface area contributed by atoms with E-state index in [4.69, 9.17) is 0 Å². The fourth-order valence-electron chi connectivity index (χ4n) is 6.31. The summed E-state index contributed by atoms with van der Waals surface area (Å²) in [6, 6.07) is 0. The highest BCUT2D eigenvalue weighted by molar-refractivity contribution is 5.75. The average molecular weight is 273 g/mol. The summed E-state index contributed by atoms with van der Waals surface area (Å²) in [6.07, 6.45) is -1.28. The number of aliphatic carboxylic acids is 1. The van der Waals surface area contributed by atoms with Crippen molar-refractivity contribution < 1.29 is 23.1 Å². The van der Waals surface area contributed by atoms with Crippen molar-refractivity contribution in [2.24, 2.45) is 40.9 Å². The number of fused-ring (bicyclic) bond motifs is 9. The van der Waals surface area contributed by atoms with Gasteiger partial charge in [-0.3, -0.25) is 0 Å². The van der Waals surface area contributed by atoms with E-state index in [1.54, 1.807) is 0 Å². The third kappa shape index (κ3) is 1.18. The van der Waals surface area contributed by atoms with Crippen LogP contribution in [0.25, 0.3) is 0 Å². The number of carbonyl (C=O) groups excluding carboxylic acids is 1. The third-order valence-electron chi connectivity index (χ3n) is 6.70. The molecule has 4 fully saturated rings. The van der Waals surface area contributed by atoms with Gasteiger partial charge in [0, 0.05) is 0 Å². The molecule has 0 aliphatic heterocycles. The van der Waals surface area contributed by atoms with Gasteiger partial charge in [-0.2, -0.15) is 13.2 Å². The van der Waals surface area contributed by atoms with Crippen LogP contribution in [0.15, 0.2) is 0 Å². The van der Waals surface area contributed by atoms with Gasteiger partial charge < -0.3 is 9.90 Å². The Bertz CT molecular complexity index is 446. The van der Waals surface area contributed by atoms with Crippen molar-refractivity contribution in [3.8, 4) is 0 Å². The van der Waals surface area contributed by atoms with Crippen molar-refractivity contribution in [3.63, 3.8) is 0 Å². The van der Waals surface area contributed by atoms with Gasteiger partial charge in [0.1, 0.15) is 5.41 Å². The first-order chi connectivity index (χ1) is 8.86. The monoisotopic (exact) mass is 273 g/mol. The van der Waals surface area contributed by atoms with Gasteiger partial charge in [-0.25, -0.2) is 0 Å². The highest BCUT2D eigenvalue weighted by atomic mass is 19.4. The fraction of sp³-hybridized carbons (Fsp3) is 0.929. The molecule has 0 aromatic rings. The lowest BCUT2D eigenvalue weighted by Gasteiger charge is -2.47. The van der Waals surface area contributed by atoms with Crippen LogP contribution in [0.2, 0.25) is 0 Å². The average Bonchev–Trinajstić information content (AvgIpc) is 3.04.